The number of hydrogen-bond donors (Lipinski definition) is 1. The smallest absolute Gasteiger partial charge is 0.264 e. The number of imide groups is 1. The number of ether oxygens (including phenoxy) is 2. The predicted octanol–water partition coefficient (Wildman–Crippen LogP) is 4.13. The van der Waals surface area contributed by atoms with Crippen molar-refractivity contribution in [2.24, 2.45) is 0 Å². The lowest BCUT2D eigenvalue weighted by molar-refractivity contribution is -0.116. The zero-order chi connectivity index (χ0) is 28.2. The lowest BCUT2D eigenvalue weighted by atomic mass is 9.98. The van der Waals surface area contributed by atoms with Gasteiger partial charge in [-0.1, -0.05) is 13.0 Å². The number of anilines is 1. The van der Waals surface area contributed by atoms with Crippen LogP contribution < -0.4 is 14.8 Å². The number of aryl methyl sites for hydroxylation is 1. The SMILES string of the molecule is CCOc1cc([C@@H](CS(C)(=O)=O)N2C(=O)c3c(CC)cc(F)c(NC(=O)CCCCl)c3C2=O)ccc1OC. The molecule has 3 rings (SSSR count). The summed E-state index contributed by atoms with van der Waals surface area (Å²) in [6, 6.07) is 4.45. The number of halogens is 2. The van der Waals surface area contributed by atoms with Gasteiger partial charge in [-0.2, -0.15) is 0 Å². The molecule has 0 unspecified atom stereocenters. The van der Waals surface area contributed by atoms with Gasteiger partial charge in [0.1, 0.15) is 15.7 Å². The first-order chi connectivity index (χ1) is 18.0. The van der Waals surface area contributed by atoms with Crippen LogP contribution in [0.15, 0.2) is 24.3 Å². The van der Waals surface area contributed by atoms with Gasteiger partial charge in [0.05, 0.1) is 42.3 Å². The molecule has 0 fully saturated rings. The molecule has 1 aliphatic heterocycles. The van der Waals surface area contributed by atoms with Crippen molar-refractivity contribution in [2.45, 2.75) is 39.2 Å². The monoisotopic (exact) mass is 568 g/mol. The van der Waals surface area contributed by atoms with E-state index in [1.165, 1.54) is 19.2 Å². The average molecular weight is 569 g/mol. The molecule has 0 bridgehead atoms. The Morgan fingerprint density at radius 3 is 2.39 bits per heavy atom. The molecule has 0 aromatic heterocycles. The molecule has 38 heavy (non-hydrogen) atoms. The van der Waals surface area contributed by atoms with Crippen molar-refractivity contribution in [2.75, 3.05) is 36.9 Å². The minimum atomic E-state index is -3.72. The lowest BCUT2D eigenvalue weighted by Crippen LogP contribution is -2.38. The first-order valence-electron chi connectivity index (χ1n) is 12.0. The number of sulfone groups is 1. The molecule has 206 valence electrons. The van der Waals surface area contributed by atoms with Crippen LogP contribution in [-0.2, 0) is 21.1 Å². The largest absolute Gasteiger partial charge is 0.493 e. The van der Waals surface area contributed by atoms with E-state index >= 15 is 4.39 Å². The summed E-state index contributed by atoms with van der Waals surface area (Å²) >= 11 is 5.64. The molecule has 1 heterocycles. The number of amides is 3. The minimum Gasteiger partial charge on any atom is -0.493 e. The Morgan fingerprint density at radius 1 is 1.13 bits per heavy atom. The molecular weight excluding hydrogens is 539 g/mol. The molecule has 0 radical (unpaired) electrons. The summed E-state index contributed by atoms with van der Waals surface area (Å²) in [7, 11) is -2.28. The number of fused-ring (bicyclic) bond motifs is 1. The van der Waals surface area contributed by atoms with E-state index in [0.29, 0.717) is 23.5 Å². The Balaban J connectivity index is 2.18. The average Bonchev–Trinajstić information content (AvgIpc) is 3.12. The molecule has 9 nitrogen and oxygen atoms in total. The minimum absolute atomic E-state index is 0.0121. The highest BCUT2D eigenvalue weighted by Gasteiger charge is 2.45. The first kappa shape index (κ1) is 29.4. The van der Waals surface area contributed by atoms with Crippen LogP contribution in [0.1, 0.15) is 64.6 Å². The maximum Gasteiger partial charge on any atom is 0.264 e. The van der Waals surface area contributed by atoms with Crippen molar-refractivity contribution in [3.05, 3.63) is 52.3 Å². The van der Waals surface area contributed by atoms with Crippen LogP contribution in [0, 0.1) is 5.82 Å². The number of benzene rings is 2. The van der Waals surface area contributed by atoms with Gasteiger partial charge in [0.15, 0.2) is 11.5 Å². The van der Waals surface area contributed by atoms with E-state index in [-0.39, 0.29) is 42.0 Å². The van der Waals surface area contributed by atoms with Gasteiger partial charge >= 0.3 is 0 Å². The second-order valence-electron chi connectivity index (χ2n) is 8.77. The Kier molecular flexibility index (Phi) is 9.37. The number of alkyl halides is 1. The quantitative estimate of drug-likeness (QED) is 0.302. The molecule has 12 heteroatoms. The zero-order valence-corrected chi connectivity index (χ0v) is 23.2. The van der Waals surface area contributed by atoms with Gasteiger partial charge in [0, 0.05) is 18.6 Å². The summed E-state index contributed by atoms with van der Waals surface area (Å²) in [5, 5.41) is 2.41. The second-order valence-corrected chi connectivity index (χ2v) is 11.3. The van der Waals surface area contributed by atoms with Crippen LogP contribution in [-0.4, -0.2) is 62.6 Å². The van der Waals surface area contributed by atoms with E-state index in [0.717, 1.165) is 17.2 Å². The molecule has 3 amide bonds. The van der Waals surface area contributed by atoms with Crippen LogP contribution >= 0.6 is 11.6 Å². The zero-order valence-electron chi connectivity index (χ0n) is 21.6. The van der Waals surface area contributed by atoms with Crippen molar-refractivity contribution < 1.29 is 36.7 Å². The van der Waals surface area contributed by atoms with Crippen molar-refractivity contribution in [1.82, 2.24) is 4.90 Å². The fourth-order valence-corrected chi connectivity index (χ4v) is 5.43. The number of methoxy groups -OCH3 is 1. The summed E-state index contributed by atoms with van der Waals surface area (Å²) in [6.45, 7) is 3.74. The number of hydrogen-bond acceptors (Lipinski definition) is 7. The van der Waals surface area contributed by atoms with E-state index < -0.39 is 50.9 Å². The number of rotatable bonds is 12. The Morgan fingerprint density at radius 2 is 1.82 bits per heavy atom. The molecule has 1 N–H and O–H groups in total. The third-order valence-corrected chi connectivity index (χ3v) is 7.24. The van der Waals surface area contributed by atoms with E-state index in [1.807, 2.05) is 0 Å². The molecule has 0 saturated carbocycles. The van der Waals surface area contributed by atoms with Crippen LogP contribution in [0.4, 0.5) is 10.1 Å². The molecule has 1 atom stereocenters. The van der Waals surface area contributed by atoms with Crippen LogP contribution in [0.3, 0.4) is 0 Å². The summed E-state index contributed by atoms with van der Waals surface area (Å²) in [6.07, 6.45) is 1.53. The molecule has 2 aromatic rings. The maximum absolute atomic E-state index is 15.2. The highest BCUT2D eigenvalue weighted by Crippen LogP contribution is 2.41. The van der Waals surface area contributed by atoms with E-state index in [4.69, 9.17) is 21.1 Å². The van der Waals surface area contributed by atoms with Gasteiger partial charge in [0.25, 0.3) is 11.8 Å². The summed E-state index contributed by atoms with van der Waals surface area (Å²) in [4.78, 5) is 40.8. The Bertz CT molecular complexity index is 1360. The number of nitrogens with one attached hydrogen (secondary N) is 1. The highest BCUT2D eigenvalue weighted by atomic mass is 35.5. The Hall–Kier alpha value is -3.18. The van der Waals surface area contributed by atoms with E-state index in [1.54, 1.807) is 19.9 Å². The predicted molar refractivity (Wildman–Crippen MR) is 141 cm³/mol. The standard InChI is InChI=1S/C26H30ClFN2O7S/c1-5-15-12-17(28)24(29-21(31)8-7-11-27)23-22(15)25(32)30(26(23)33)18(14-38(4,34)35)16-9-10-19(36-3)20(13-16)37-6-2/h9-10,12-13,18H,5-8,11,14H2,1-4H3,(H,29,31)/t18-/m1/s1. The van der Waals surface area contributed by atoms with Crippen LogP contribution in [0.5, 0.6) is 11.5 Å². The van der Waals surface area contributed by atoms with Crippen LogP contribution in [0.25, 0.3) is 0 Å². The first-order valence-corrected chi connectivity index (χ1v) is 14.6. The fraction of sp³-hybridized carbons (Fsp3) is 0.423. The van der Waals surface area contributed by atoms with Gasteiger partial charge in [-0.25, -0.2) is 12.8 Å². The number of carbonyl (C=O) groups excluding carboxylic acids is 3. The van der Waals surface area contributed by atoms with E-state index in [9.17, 15) is 22.8 Å². The Labute approximate surface area is 226 Å². The lowest BCUT2D eigenvalue weighted by Gasteiger charge is -2.27. The van der Waals surface area contributed by atoms with Gasteiger partial charge in [-0.05, 0) is 49.1 Å². The van der Waals surface area contributed by atoms with Gasteiger partial charge in [-0.15, -0.1) is 11.6 Å². The van der Waals surface area contributed by atoms with Gasteiger partial charge in [0.2, 0.25) is 5.91 Å². The molecule has 0 saturated heterocycles. The number of nitrogens with zero attached hydrogens (tertiary/aromatic N) is 1. The fourth-order valence-electron chi connectivity index (χ4n) is 4.38. The summed E-state index contributed by atoms with van der Waals surface area (Å²) in [5.74, 6) is -2.81. The normalized spacial score (nSPS) is 13.9. The van der Waals surface area contributed by atoms with Crippen molar-refractivity contribution in [3.63, 3.8) is 0 Å². The van der Waals surface area contributed by atoms with Crippen molar-refractivity contribution in [3.8, 4) is 11.5 Å². The number of carbonyl (C=O) groups is 3. The van der Waals surface area contributed by atoms with Gasteiger partial charge in [-0.3, -0.25) is 19.3 Å². The highest BCUT2D eigenvalue weighted by molar-refractivity contribution is 7.90. The molecular formula is C26H30ClFN2O7S. The third-order valence-electron chi connectivity index (χ3n) is 6.05. The summed E-state index contributed by atoms with van der Waals surface area (Å²) < 4.78 is 51.0. The van der Waals surface area contributed by atoms with Crippen LogP contribution in [0.2, 0.25) is 0 Å². The van der Waals surface area contributed by atoms with E-state index in [2.05, 4.69) is 5.32 Å². The molecule has 1 aliphatic rings. The third kappa shape index (κ3) is 6.10. The maximum atomic E-state index is 15.2. The van der Waals surface area contributed by atoms with Crippen molar-refractivity contribution >= 4 is 44.8 Å². The summed E-state index contributed by atoms with van der Waals surface area (Å²) in [5.41, 5.74) is -0.215. The van der Waals surface area contributed by atoms with Crippen molar-refractivity contribution in [1.29, 1.82) is 0 Å². The topological polar surface area (TPSA) is 119 Å². The van der Waals surface area contributed by atoms with Gasteiger partial charge < -0.3 is 14.8 Å². The molecule has 0 aliphatic carbocycles. The molecule has 0 spiro atoms. The second kappa shape index (κ2) is 12.1. The molecule has 2 aromatic carbocycles.